The molecule has 5 heteroatoms. The molecule has 2 aromatic carbocycles. The van der Waals surface area contributed by atoms with Crippen LogP contribution in [0, 0.1) is 13.8 Å². The van der Waals surface area contributed by atoms with Gasteiger partial charge in [-0.3, -0.25) is 14.6 Å². The van der Waals surface area contributed by atoms with Crippen molar-refractivity contribution in [2.45, 2.75) is 20.3 Å². The predicted molar refractivity (Wildman–Crippen MR) is 110 cm³/mol. The minimum atomic E-state index is -0.151. The molecule has 28 heavy (non-hydrogen) atoms. The first-order chi connectivity index (χ1) is 13.5. The highest BCUT2D eigenvalue weighted by atomic mass is 16.2. The summed E-state index contributed by atoms with van der Waals surface area (Å²) in [7, 11) is 0. The summed E-state index contributed by atoms with van der Waals surface area (Å²) in [6.45, 7) is 4.56. The molecule has 1 aromatic heterocycles. The van der Waals surface area contributed by atoms with Gasteiger partial charge in [0.05, 0.1) is 0 Å². The van der Waals surface area contributed by atoms with E-state index in [1.54, 1.807) is 29.4 Å². The van der Waals surface area contributed by atoms with Crippen molar-refractivity contribution in [3.8, 4) is 0 Å². The van der Waals surface area contributed by atoms with Gasteiger partial charge in [0.1, 0.15) is 0 Å². The van der Waals surface area contributed by atoms with Crippen molar-refractivity contribution >= 4 is 23.2 Å². The molecule has 2 heterocycles. The van der Waals surface area contributed by atoms with Crippen LogP contribution in [-0.4, -0.2) is 23.3 Å². The molecular weight excluding hydrogens is 350 g/mol. The lowest BCUT2D eigenvalue weighted by Gasteiger charge is -2.18. The zero-order chi connectivity index (χ0) is 19.7. The second kappa shape index (κ2) is 7.27. The zero-order valence-electron chi connectivity index (χ0n) is 15.9. The Hall–Kier alpha value is -3.47. The van der Waals surface area contributed by atoms with Crippen LogP contribution in [0.4, 0.5) is 11.4 Å². The highest BCUT2D eigenvalue weighted by molar-refractivity contribution is 6.08. The summed E-state index contributed by atoms with van der Waals surface area (Å²) in [6.07, 6.45) is 4.03. The van der Waals surface area contributed by atoms with Crippen molar-refractivity contribution in [2.24, 2.45) is 0 Å². The van der Waals surface area contributed by atoms with Crippen molar-refractivity contribution in [1.82, 2.24) is 4.98 Å². The zero-order valence-corrected chi connectivity index (χ0v) is 15.9. The van der Waals surface area contributed by atoms with Crippen LogP contribution in [0.5, 0.6) is 0 Å². The number of aryl methyl sites for hydroxylation is 2. The monoisotopic (exact) mass is 371 g/mol. The molecule has 1 N–H and O–H groups in total. The third kappa shape index (κ3) is 3.39. The maximum atomic E-state index is 12.9. The molecule has 3 aromatic rings. The second-order valence-electron chi connectivity index (χ2n) is 7.06. The summed E-state index contributed by atoms with van der Waals surface area (Å²) >= 11 is 0. The topological polar surface area (TPSA) is 62.3 Å². The van der Waals surface area contributed by atoms with Crippen molar-refractivity contribution in [3.63, 3.8) is 0 Å². The molecule has 1 aliphatic rings. The first-order valence-corrected chi connectivity index (χ1v) is 9.26. The number of fused-ring (bicyclic) bond motifs is 1. The molecule has 5 nitrogen and oxygen atoms in total. The third-order valence-corrected chi connectivity index (χ3v) is 5.04. The smallest absolute Gasteiger partial charge is 0.258 e. The Bertz CT molecular complexity index is 1060. The fourth-order valence-electron chi connectivity index (χ4n) is 3.59. The van der Waals surface area contributed by atoms with Gasteiger partial charge in [-0.2, -0.15) is 0 Å². The molecule has 0 unspecified atom stereocenters. The van der Waals surface area contributed by atoms with Crippen LogP contribution in [0.3, 0.4) is 0 Å². The van der Waals surface area contributed by atoms with Gasteiger partial charge in [-0.15, -0.1) is 0 Å². The summed E-state index contributed by atoms with van der Waals surface area (Å²) in [5, 5.41) is 2.96. The quantitative estimate of drug-likeness (QED) is 0.752. The fourth-order valence-corrected chi connectivity index (χ4v) is 3.59. The van der Waals surface area contributed by atoms with Crippen molar-refractivity contribution in [2.75, 3.05) is 16.8 Å². The molecule has 0 radical (unpaired) electrons. The molecule has 0 saturated heterocycles. The molecule has 4 rings (SSSR count). The van der Waals surface area contributed by atoms with E-state index < -0.39 is 0 Å². The van der Waals surface area contributed by atoms with Gasteiger partial charge in [0.25, 0.3) is 11.8 Å². The maximum Gasteiger partial charge on any atom is 0.258 e. The second-order valence-corrected chi connectivity index (χ2v) is 7.06. The Morgan fingerprint density at radius 3 is 2.54 bits per heavy atom. The molecule has 1 aliphatic heterocycles. The molecule has 0 spiro atoms. The van der Waals surface area contributed by atoms with Gasteiger partial charge in [-0.25, -0.2) is 0 Å². The van der Waals surface area contributed by atoms with Crippen LogP contribution in [0.25, 0.3) is 0 Å². The number of nitrogens with one attached hydrogen (secondary N) is 1. The summed E-state index contributed by atoms with van der Waals surface area (Å²) in [4.78, 5) is 31.3. The van der Waals surface area contributed by atoms with E-state index in [0.717, 1.165) is 28.8 Å². The van der Waals surface area contributed by atoms with Crippen LogP contribution in [-0.2, 0) is 6.42 Å². The Balaban J connectivity index is 1.58. The molecule has 140 valence electrons. The number of rotatable bonds is 3. The highest BCUT2D eigenvalue weighted by Crippen LogP contribution is 2.32. The SMILES string of the molecule is Cc1ccc(C(=O)Nc2ccc3c(c2)N(C(=O)c2ccncc2)CC3)c(C)c1. The fraction of sp³-hybridized carbons (Fsp3) is 0.174. The van der Waals surface area contributed by atoms with Crippen LogP contribution in [0.1, 0.15) is 37.4 Å². The summed E-state index contributed by atoms with van der Waals surface area (Å²) in [5.41, 5.74) is 5.94. The lowest BCUT2D eigenvalue weighted by atomic mass is 10.0. The van der Waals surface area contributed by atoms with Crippen LogP contribution < -0.4 is 10.2 Å². The number of pyridine rings is 1. The van der Waals surface area contributed by atoms with E-state index in [1.165, 1.54) is 0 Å². The Kier molecular flexibility index (Phi) is 4.65. The number of carbonyl (C=O) groups is 2. The maximum absolute atomic E-state index is 12.9. The van der Waals surface area contributed by atoms with Gasteiger partial charge in [-0.05, 0) is 61.7 Å². The number of benzene rings is 2. The Morgan fingerprint density at radius 2 is 1.79 bits per heavy atom. The van der Waals surface area contributed by atoms with E-state index >= 15 is 0 Å². The summed E-state index contributed by atoms with van der Waals surface area (Å²) < 4.78 is 0. The first-order valence-electron chi connectivity index (χ1n) is 9.26. The van der Waals surface area contributed by atoms with Gasteiger partial charge in [0, 0.05) is 41.4 Å². The molecule has 0 bridgehead atoms. The number of carbonyl (C=O) groups excluding carboxylic acids is 2. The average Bonchev–Trinajstić information content (AvgIpc) is 3.11. The van der Waals surface area contributed by atoms with E-state index in [1.807, 2.05) is 50.2 Å². The van der Waals surface area contributed by atoms with Crippen molar-refractivity contribution < 1.29 is 9.59 Å². The third-order valence-electron chi connectivity index (χ3n) is 5.04. The molecule has 0 atom stereocenters. The van der Waals surface area contributed by atoms with Gasteiger partial charge in [-0.1, -0.05) is 23.8 Å². The number of nitrogens with zero attached hydrogens (tertiary/aromatic N) is 2. The van der Waals surface area contributed by atoms with Crippen molar-refractivity contribution in [3.05, 3.63) is 88.7 Å². The standard InChI is InChI=1S/C23H21N3O2/c1-15-3-6-20(16(2)13-15)22(27)25-19-5-4-17-9-12-26(21(17)14-19)23(28)18-7-10-24-11-8-18/h3-8,10-11,13-14H,9,12H2,1-2H3,(H,25,27). The number of aromatic nitrogens is 1. The largest absolute Gasteiger partial charge is 0.322 e. The van der Waals surface area contributed by atoms with Crippen LogP contribution in [0.2, 0.25) is 0 Å². The molecular formula is C23H21N3O2. The lowest BCUT2D eigenvalue weighted by molar-refractivity contribution is 0.0988. The van der Waals surface area contributed by atoms with E-state index in [2.05, 4.69) is 10.3 Å². The Labute approximate surface area is 164 Å². The van der Waals surface area contributed by atoms with Gasteiger partial charge >= 0.3 is 0 Å². The Morgan fingerprint density at radius 1 is 1.00 bits per heavy atom. The van der Waals surface area contributed by atoms with E-state index in [4.69, 9.17) is 0 Å². The van der Waals surface area contributed by atoms with Crippen LogP contribution in [0.15, 0.2) is 60.9 Å². The summed E-state index contributed by atoms with van der Waals surface area (Å²) in [6, 6.07) is 14.9. The molecule has 0 saturated carbocycles. The van der Waals surface area contributed by atoms with E-state index in [9.17, 15) is 9.59 Å². The number of amides is 2. The molecule has 0 aliphatic carbocycles. The van der Waals surface area contributed by atoms with E-state index in [-0.39, 0.29) is 11.8 Å². The number of hydrogen-bond donors (Lipinski definition) is 1. The van der Waals surface area contributed by atoms with Crippen molar-refractivity contribution in [1.29, 1.82) is 0 Å². The van der Waals surface area contributed by atoms with E-state index in [0.29, 0.717) is 23.4 Å². The minimum absolute atomic E-state index is 0.0565. The van der Waals surface area contributed by atoms with Gasteiger partial charge < -0.3 is 10.2 Å². The van der Waals surface area contributed by atoms with Gasteiger partial charge in [0.15, 0.2) is 0 Å². The lowest BCUT2D eigenvalue weighted by Crippen LogP contribution is -2.28. The van der Waals surface area contributed by atoms with Gasteiger partial charge in [0.2, 0.25) is 0 Å². The average molecular weight is 371 g/mol. The summed E-state index contributed by atoms with van der Waals surface area (Å²) in [5.74, 6) is -0.207. The number of anilines is 2. The van der Waals surface area contributed by atoms with Crippen LogP contribution >= 0.6 is 0 Å². The minimum Gasteiger partial charge on any atom is -0.322 e. The first kappa shape index (κ1) is 17.9. The number of hydrogen-bond acceptors (Lipinski definition) is 3. The highest BCUT2D eigenvalue weighted by Gasteiger charge is 2.26. The normalized spacial score (nSPS) is 12.6. The molecule has 2 amide bonds. The molecule has 0 fully saturated rings. The predicted octanol–water partition coefficient (Wildman–Crippen LogP) is 4.15.